The van der Waals surface area contributed by atoms with Gasteiger partial charge in [-0.2, -0.15) is 13.2 Å². The third-order valence-electron chi connectivity index (χ3n) is 8.86. The van der Waals surface area contributed by atoms with Gasteiger partial charge in [-0.25, -0.2) is 14.6 Å². The minimum atomic E-state index is -4.38. The number of aryl methyl sites for hydroxylation is 1. The highest BCUT2D eigenvalue weighted by molar-refractivity contribution is 7.18. The summed E-state index contributed by atoms with van der Waals surface area (Å²) in [5.41, 5.74) is 4.77. The summed E-state index contributed by atoms with van der Waals surface area (Å²) < 4.78 is 46.1. The number of thiophene rings is 1. The van der Waals surface area contributed by atoms with Crippen molar-refractivity contribution in [3.63, 3.8) is 0 Å². The Bertz CT molecular complexity index is 2050. The maximum atomic E-state index is 13.0. The van der Waals surface area contributed by atoms with Crippen LogP contribution in [-0.2, 0) is 17.5 Å². The van der Waals surface area contributed by atoms with Gasteiger partial charge >= 0.3 is 12.1 Å². The first-order valence-electron chi connectivity index (χ1n) is 15.6. The second kappa shape index (κ2) is 13.8. The zero-order chi connectivity index (χ0) is 35.0. The third kappa shape index (κ3) is 7.14. The summed E-state index contributed by atoms with van der Waals surface area (Å²) in [6, 6.07) is 12.4. The van der Waals surface area contributed by atoms with E-state index in [1.54, 1.807) is 35.4 Å². The van der Waals surface area contributed by atoms with Gasteiger partial charge in [-0.05, 0) is 82.1 Å². The van der Waals surface area contributed by atoms with Gasteiger partial charge in [0.2, 0.25) is 0 Å². The molecule has 1 aliphatic heterocycles. The van der Waals surface area contributed by atoms with Crippen molar-refractivity contribution in [3.8, 4) is 16.9 Å². The maximum absolute atomic E-state index is 13.0. The number of carbonyl (C=O) groups excluding carboxylic acids is 1. The van der Waals surface area contributed by atoms with Gasteiger partial charge in [-0.3, -0.25) is 9.88 Å². The number of aromatic carboxylic acids is 1. The van der Waals surface area contributed by atoms with Crippen LogP contribution in [0.1, 0.15) is 53.4 Å². The molecule has 8 nitrogen and oxygen atoms in total. The average molecular weight is 709 g/mol. The molecule has 2 aromatic carbocycles. The Morgan fingerprint density at radius 2 is 1.92 bits per heavy atom. The lowest BCUT2D eigenvalue weighted by atomic mass is 9.88. The molecule has 1 N–H and O–H groups in total. The lowest BCUT2D eigenvalue weighted by Gasteiger charge is -2.38. The number of carbonyl (C=O) groups is 1. The number of ether oxygens (including phenoxy) is 1. The summed E-state index contributed by atoms with van der Waals surface area (Å²) in [5, 5.41) is 11.7. The molecule has 4 aromatic rings. The molecule has 3 heterocycles. The summed E-state index contributed by atoms with van der Waals surface area (Å²) in [4.78, 5) is 37.5. The number of allylic oxidation sites excluding steroid dienone is 2. The zero-order valence-corrected chi connectivity index (χ0v) is 28.5. The molecule has 0 spiro atoms. The largest absolute Gasteiger partial charge is 0.491 e. The minimum Gasteiger partial charge on any atom is -0.491 e. The van der Waals surface area contributed by atoms with Gasteiger partial charge in [-0.15, -0.1) is 11.3 Å². The number of rotatable bonds is 9. The number of nitrogens with zero attached hydrogens (tertiary/aromatic N) is 4. The second-order valence-electron chi connectivity index (χ2n) is 12.1. The highest BCUT2D eigenvalue weighted by Gasteiger charge is 2.33. The minimum absolute atomic E-state index is 0.0484. The van der Waals surface area contributed by atoms with Crippen molar-refractivity contribution in [1.82, 2.24) is 14.8 Å². The molecule has 0 radical (unpaired) electrons. The number of carboxylic acids is 1. The number of aliphatic imine (C=N–C) groups is 1. The number of halogens is 4. The van der Waals surface area contributed by atoms with Gasteiger partial charge in [0.15, 0.2) is 5.94 Å². The fourth-order valence-corrected chi connectivity index (χ4v) is 7.59. The van der Waals surface area contributed by atoms with Gasteiger partial charge in [0.1, 0.15) is 23.9 Å². The van der Waals surface area contributed by atoms with Crippen molar-refractivity contribution in [2.45, 2.75) is 51.9 Å². The van der Waals surface area contributed by atoms with Gasteiger partial charge in [-0.1, -0.05) is 23.7 Å². The molecule has 0 saturated heterocycles. The summed E-state index contributed by atoms with van der Waals surface area (Å²) in [5.74, 6) is 2.28. The molecule has 0 bridgehead atoms. The molecular weight excluding hydrogens is 677 g/mol. The molecule has 2 aromatic heterocycles. The molecule has 49 heavy (non-hydrogen) atoms. The van der Waals surface area contributed by atoms with Crippen LogP contribution in [0.25, 0.3) is 21.3 Å². The van der Waals surface area contributed by atoms with E-state index in [0.29, 0.717) is 69.7 Å². The van der Waals surface area contributed by atoms with Crippen LogP contribution in [0, 0.1) is 6.92 Å². The predicted molar refractivity (Wildman–Crippen MR) is 184 cm³/mol. The normalized spacial score (nSPS) is 16.6. The van der Waals surface area contributed by atoms with Crippen LogP contribution >= 0.6 is 22.9 Å². The standard InChI is InChI=1S/C36H32ClF3N4O4S/c1-20-14-27(34-33(41-20)29(19-49-34)35(46)47)26-15-24(37)8-11-32(26)48-13-12-44-21(2)42-30-10-9-25(16-28(30)31(44)18-45)43(3)17-22-4-6-23(7-5-22)36(38,39)40/h4-8,11,14-15,19,25H,9-10,12-13,16-17H2,1-3H3,(H,46,47). The second-order valence-corrected chi connectivity index (χ2v) is 13.4. The van der Waals surface area contributed by atoms with E-state index in [9.17, 15) is 27.9 Å². The third-order valence-corrected chi connectivity index (χ3v) is 10.1. The number of amidine groups is 1. The van der Waals surface area contributed by atoms with Crippen molar-refractivity contribution in [1.29, 1.82) is 0 Å². The molecule has 0 saturated carbocycles. The highest BCUT2D eigenvalue weighted by atomic mass is 35.5. The zero-order valence-electron chi connectivity index (χ0n) is 26.9. The van der Waals surface area contributed by atoms with Crippen molar-refractivity contribution in [2.75, 3.05) is 20.2 Å². The van der Waals surface area contributed by atoms with Crippen LogP contribution in [-0.4, -0.2) is 63.9 Å². The number of alkyl halides is 3. The Kier molecular flexibility index (Phi) is 9.68. The quantitative estimate of drug-likeness (QED) is 0.175. The smallest absolute Gasteiger partial charge is 0.416 e. The molecule has 0 fully saturated rings. The summed E-state index contributed by atoms with van der Waals surface area (Å²) in [7, 11) is 1.93. The Balaban J connectivity index is 1.17. The van der Waals surface area contributed by atoms with Crippen molar-refractivity contribution < 1.29 is 32.6 Å². The monoisotopic (exact) mass is 708 g/mol. The SMILES string of the molecule is CC1=NC2=C(CC(N(C)Cc3ccc(C(F)(F)F)cc3)CC2)C(=C=O)N1CCOc1ccc(Cl)cc1-c1cc(C)nc2c(C(=O)O)csc12. The number of benzene rings is 2. The van der Waals surface area contributed by atoms with Gasteiger partial charge in [0.05, 0.1) is 27.9 Å². The molecule has 0 amide bonds. The van der Waals surface area contributed by atoms with E-state index in [-0.39, 0.29) is 18.2 Å². The van der Waals surface area contributed by atoms with Crippen LogP contribution in [0.2, 0.25) is 5.02 Å². The van der Waals surface area contributed by atoms with E-state index in [1.807, 2.05) is 20.0 Å². The first kappa shape index (κ1) is 34.4. The van der Waals surface area contributed by atoms with Crippen molar-refractivity contribution in [2.24, 2.45) is 4.99 Å². The van der Waals surface area contributed by atoms with Gasteiger partial charge in [0.25, 0.3) is 0 Å². The first-order valence-corrected chi connectivity index (χ1v) is 16.8. The molecule has 1 atom stereocenters. The van der Waals surface area contributed by atoms with Crippen LogP contribution in [0.5, 0.6) is 5.75 Å². The van der Waals surface area contributed by atoms with E-state index in [0.717, 1.165) is 41.0 Å². The lowest BCUT2D eigenvalue weighted by Crippen LogP contribution is -2.40. The van der Waals surface area contributed by atoms with E-state index in [4.69, 9.17) is 21.3 Å². The van der Waals surface area contributed by atoms with Crippen LogP contribution in [0.3, 0.4) is 0 Å². The number of carboxylic acid groups (broad SMARTS) is 1. The number of aromatic nitrogens is 1. The number of hydrogen-bond donors (Lipinski definition) is 1. The molecule has 6 rings (SSSR count). The Morgan fingerprint density at radius 3 is 2.61 bits per heavy atom. The van der Waals surface area contributed by atoms with Crippen LogP contribution in [0.4, 0.5) is 13.2 Å². The van der Waals surface area contributed by atoms with Gasteiger partial charge < -0.3 is 14.7 Å². The summed E-state index contributed by atoms with van der Waals surface area (Å²) >= 11 is 7.70. The predicted octanol–water partition coefficient (Wildman–Crippen LogP) is 8.41. The van der Waals surface area contributed by atoms with Crippen molar-refractivity contribution in [3.05, 3.63) is 98.3 Å². The molecule has 254 valence electrons. The highest BCUT2D eigenvalue weighted by Crippen LogP contribution is 2.41. The topological polar surface area (TPSA) is 95.3 Å². The number of pyridine rings is 1. The van der Waals surface area contributed by atoms with Gasteiger partial charge in [0, 0.05) is 51.1 Å². The first-order chi connectivity index (χ1) is 23.3. The summed E-state index contributed by atoms with van der Waals surface area (Å²) in [6.07, 6.45) is -2.39. The fraction of sp³-hybridized carbons (Fsp3) is 0.306. The fourth-order valence-electron chi connectivity index (χ4n) is 6.40. The number of hydrogen-bond acceptors (Lipinski definition) is 8. The van der Waals surface area contributed by atoms with Crippen molar-refractivity contribution >= 4 is 50.9 Å². The molecular formula is C36H32ClF3N4O4S. The van der Waals surface area contributed by atoms with E-state index in [1.165, 1.54) is 23.5 Å². The molecule has 13 heteroatoms. The van der Waals surface area contributed by atoms with Crippen LogP contribution < -0.4 is 4.74 Å². The van der Waals surface area contributed by atoms with E-state index in [2.05, 4.69) is 15.8 Å². The lowest BCUT2D eigenvalue weighted by molar-refractivity contribution is -0.137. The van der Waals surface area contributed by atoms with Crippen LogP contribution in [0.15, 0.2) is 75.9 Å². The molecule has 1 aliphatic carbocycles. The maximum Gasteiger partial charge on any atom is 0.416 e. The summed E-state index contributed by atoms with van der Waals surface area (Å²) in [6.45, 7) is 4.59. The Labute approximate surface area is 289 Å². The molecule has 1 unspecified atom stereocenters. The number of fused-ring (bicyclic) bond motifs is 1. The molecule has 2 aliphatic rings. The van der Waals surface area contributed by atoms with E-state index < -0.39 is 17.7 Å². The average Bonchev–Trinajstić information content (AvgIpc) is 3.49. The Morgan fingerprint density at radius 1 is 1.16 bits per heavy atom. The van der Waals surface area contributed by atoms with E-state index >= 15 is 0 Å². The Hall–Kier alpha value is -4.48.